The topological polar surface area (TPSA) is 80.3 Å². The van der Waals surface area contributed by atoms with Crippen molar-refractivity contribution in [3.05, 3.63) is 70.8 Å². The van der Waals surface area contributed by atoms with Crippen LogP contribution in [0.4, 0.5) is 0 Å². The summed E-state index contributed by atoms with van der Waals surface area (Å²) in [6.45, 7) is 1.89. The van der Waals surface area contributed by atoms with Crippen LogP contribution in [0.15, 0.2) is 48.5 Å². The first kappa shape index (κ1) is 29.9. The van der Waals surface area contributed by atoms with Gasteiger partial charge in [-0.25, -0.2) is 9.59 Å². The Morgan fingerprint density at radius 1 is 1.00 bits per heavy atom. The van der Waals surface area contributed by atoms with Crippen molar-refractivity contribution in [3.63, 3.8) is 0 Å². The molecule has 39 heavy (non-hydrogen) atoms. The average Bonchev–Trinajstić information content (AvgIpc) is 2.98. The maximum atomic E-state index is 12.0. The normalized spacial score (nSPS) is 14.9. The Morgan fingerprint density at radius 2 is 1.87 bits per heavy atom. The fraction of sp³-hybridized carbons (Fsp3) is 0.438. The lowest BCUT2D eigenvalue weighted by molar-refractivity contribution is -0.162. The number of rotatable bonds is 13. The third-order valence-electron chi connectivity index (χ3n) is 6.28. The van der Waals surface area contributed by atoms with E-state index in [-0.39, 0.29) is 12.3 Å². The van der Waals surface area contributed by atoms with Gasteiger partial charge >= 0.3 is 11.9 Å². The van der Waals surface area contributed by atoms with Crippen LogP contribution in [-0.4, -0.2) is 52.3 Å². The molecule has 0 aliphatic carbocycles. The first-order valence-electron chi connectivity index (χ1n) is 13.5. The number of carbonyl (C=O) groups excluding carboxylic acids is 2. The van der Waals surface area contributed by atoms with Crippen molar-refractivity contribution in [2.75, 3.05) is 34.0 Å². The highest BCUT2D eigenvalue weighted by Crippen LogP contribution is 2.25. The average molecular weight is 535 g/mol. The maximum absolute atomic E-state index is 12.0. The van der Waals surface area contributed by atoms with Crippen molar-refractivity contribution in [2.24, 2.45) is 0 Å². The molecule has 1 unspecified atom stereocenters. The van der Waals surface area contributed by atoms with Gasteiger partial charge in [0, 0.05) is 36.8 Å². The minimum atomic E-state index is -0.454. The van der Waals surface area contributed by atoms with Crippen molar-refractivity contribution < 1.29 is 33.3 Å². The molecule has 0 spiro atoms. The molecule has 1 aliphatic rings. The fourth-order valence-electron chi connectivity index (χ4n) is 4.19. The number of carbonyl (C=O) groups is 2. The number of methoxy groups -OCH3 is 2. The second-order valence-corrected chi connectivity index (χ2v) is 9.10. The zero-order valence-corrected chi connectivity index (χ0v) is 22.9. The first-order chi connectivity index (χ1) is 19.1. The van der Waals surface area contributed by atoms with Crippen molar-refractivity contribution in [1.82, 2.24) is 0 Å². The van der Waals surface area contributed by atoms with Crippen molar-refractivity contribution in [2.45, 2.75) is 57.7 Å². The van der Waals surface area contributed by atoms with Gasteiger partial charge in [0.05, 0.1) is 26.4 Å². The molecular formula is C32H38O7. The van der Waals surface area contributed by atoms with Crippen molar-refractivity contribution >= 4 is 18.0 Å². The summed E-state index contributed by atoms with van der Waals surface area (Å²) in [5, 5.41) is 0. The van der Waals surface area contributed by atoms with Gasteiger partial charge in [0.15, 0.2) is 6.29 Å². The van der Waals surface area contributed by atoms with E-state index in [2.05, 4.69) is 11.8 Å². The molecule has 0 saturated carbocycles. The predicted octanol–water partition coefficient (Wildman–Crippen LogP) is 5.74. The summed E-state index contributed by atoms with van der Waals surface area (Å²) >= 11 is 0. The van der Waals surface area contributed by atoms with Gasteiger partial charge in [-0.3, -0.25) is 0 Å². The van der Waals surface area contributed by atoms with Crippen LogP contribution in [-0.2, 0) is 30.2 Å². The van der Waals surface area contributed by atoms with E-state index >= 15 is 0 Å². The Kier molecular flexibility index (Phi) is 13.1. The number of esters is 2. The highest BCUT2D eigenvalue weighted by molar-refractivity contribution is 5.91. The molecule has 0 amide bonds. The van der Waals surface area contributed by atoms with E-state index in [1.807, 2.05) is 36.4 Å². The molecule has 0 radical (unpaired) electrons. The van der Waals surface area contributed by atoms with Gasteiger partial charge in [-0.05, 0) is 74.8 Å². The summed E-state index contributed by atoms with van der Waals surface area (Å²) in [5.41, 5.74) is 2.97. The summed E-state index contributed by atoms with van der Waals surface area (Å²) in [6, 6.07) is 13.1. The van der Waals surface area contributed by atoms with Crippen LogP contribution < -0.4 is 4.74 Å². The third kappa shape index (κ3) is 10.2. The maximum Gasteiger partial charge on any atom is 0.338 e. The van der Waals surface area contributed by atoms with Gasteiger partial charge in [0.25, 0.3) is 0 Å². The summed E-state index contributed by atoms with van der Waals surface area (Å²) in [6.07, 6.45) is 10.2. The van der Waals surface area contributed by atoms with Crippen LogP contribution in [0, 0.1) is 11.8 Å². The molecule has 2 aromatic rings. The van der Waals surface area contributed by atoms with Crippen molar-refractivity contribution in [1.29, 1.82) is 0 Å². The standard InChI is InChI=1S/C32H38O7/c1-35-30(33)21-20-27-25(13-5-3-4-9-22-38-31-19-8-10-23-39-31)15-11-18-29(27)37-24-12-16-26-14-6-7-17-28(26)32(34)36-2/h6-7,11,14-15,17-18,20-21,31H,3-4,8-10,12,16,19,22-24H2,1-2H3. The molecule has 0 N–H and O–H groups in total. The molecule has 208 valence electrons. The van der Waals surface area contributed by atoms with Gasteiger partial charge in [0.1, 0.15) is 5.75 Å². The number of hydrogen-bond acceptors (Lipinski definition) is 7. The van der Waals surface area contributed by atoms with E-state index in [1.165, 1.54) is 20.3 Å². The van der Waals surface area contributed by atoms with Crippen LogP contribution in [0.5, 0.6) is 5.75 Å². The second kappa shape index (κ2) is 17.1. The van der Waals surface area contributed by atoms with Gasteiger partial charge in [-0.15, -0.1) is 0 Å². The molecule has 7 nitrogen and oxygen atoms in total. The quantitative estimate of drug-likeness (QED) is 0.140. The first-order valence-corrected chi connectivity index (χ1v) is 13.5. The third-order valence-corrected chi connectivity index (χ3v) is 6.28. The number of ether oxygens (including phenoxy) is 5. The summed E-state index contributed by atoms with van der Waals surface area (Å²) in [4.78, 5) is 23.8. The number of hydrogen-bond donors (Lipinski definition) is 0. The SMILES string of the molecule is COC(=O)C=Cc1c(C#CCCCCOC2CCCCO2)cccc1OCCCc1ccccc1C(=O)OC. The molecule has 1 atom stereocenters. The number of unbranched alkanes of at least 4 members (excludes halogenated alkanes) is 2. The van der Waals surface area contributed by atoms with Crippen LogP contribution in [0.25, 0.3) is 6.08 Å². The Balaban J connectivity index is 1.57. The van der Waals surface area contributed by atoms with Gasteiger partial charge in [0.2, 0.25) is 0 Å². The number of benzene rings is 2. The minimum Gasteiger partial charge on any atom is -0.493 e. The Morgan fingerprint density at radius 3 is 2.67 bits per heavy atom. The lowest BCUT2D eigenvalue weighted by Crippen LogP contribution is -2.22. The molecule has 1 saturated heterocycles. The lowest BCUT2D eigenvalue weighted by Gasteiger charge is -2.22. The molecule has 0 bridgehead atoms. The zero-order chi connectivity index (χ0) is 27.7. The fourth-order valence-corrected chi connectivity index (χ4v) is 4.19. The summed E-state index contributed by atoms with van der Waals surface area (Å²) < 4.78 is 27.1. The van der Waals surface area contributed by atoms with Crippen LogP contribution >= 0.6 is 0 Å². The largest absolute Gasteiger partial charge is 0.493 e. The predicted molar refractivity (Wildman–Crippen MR) is 149 cm³/mol. The molecule has 1 aliphatic heterocycles. The van der Waals surface area contributed by atoms with Gasteiger partial charge in [-0.2, -0.15) is 0 Å². The molecule has 2 aromatic carbocycles. The summed E-state index contributed by atoms with van der Waals surface area (Å²) in [7, 11) is 2.72. The van der Waals surface area contributed by atoms with E-state index in [1.54, 1.807) is 12.1 Å². The molecule has 1 fully saturated rings. The lowest BCUT2D eigenvalue weighted by atomic mass is 10.0. The highest BCUT2D eigenvalue weighted by atomic mass is 16.7. The van der Waals surface area contributed by atoms with Crippen LogP contribution in [0.1, 0.15) is 72.0 Å². The van der Waals surface area contributed by atoms with E-state index in [0.717, 1.165) is 61.8 Å². The van der Waals surface area contributed by atoms with Crippen LogP contribution in [0.3, 0.4) is 0 Å². The van der Waals surface area contributed by atoms with Gasteiger partial charge in [-0.1, -0.05) is 36.1 Å². The molecular weight excluding hydrogens is 496 g/mol. The van der Waals surface area contributed by atoms with E-state index in [0.29, 0.717) is 37.4 Å². The van der Waals surface area contributed by atoms with Crippen LogP contribution in [0.2, 0.25) is 0 Å². The molecule has 1 heterocycles. The summed E-state index contributed by atoms with van der Waals surface area (Å²) in [5.74, 6) is 6.29. The Bertz CT molecular complexity index is 1150. The zero-order valence-electron chi connectivity index (χ0n) is 22.9. The molecule has 3 rings (SSSR count). The second-order valence-electron chi connectivity index (χ2n) is 9.10. The Labute approximate surface area is 231 Å². The molecule has 7 heteroatoms. The van der Waals surface area contributed by atoms with E-state index in [4.69, 9.17) is 23.7 Å². The number of aryl methyl sites for hydroxylation is 1. The van der Waals surface area contributed by atoms with E-state index < -0.39 is 5.97 Å². The van der Waals surface area contributed by atoms with Crippen molar-refractivity contribution in [3.8, 4) is 17.6 Å². The van der Waals surface area contributed by atoms with E-state index in [9.17, 15) is 9.59 Å². The Hall–Kier alpha value is -3.60. The minimum absolute atomic E-state index is 0.0562. The monoisotopic (exact) mass is 534 g/mol. The molecule has 0 aromatic heterocycles. The van der Waals surface area contributed by atoms with Gasteiger partial charge < -0.3 is 23.7 Å². The smallest absolute Gasteiger partial charge is 0.338 e. The highest BCUT2D eigenvalue weighted by Gasteiger charge is 2.13.